The molecule has 0 aromatic carbocycles. The molecule has 1 N–H and O–H groups in total. The molecule has 9 heavy (non-hydrogen) atoms. The van der Waals surface area contributed by atoms with E-state index in [2.05, 4.69) is 4.99 Å². The van der Waals surface area contributed by atoms with Crippen molar-refractivity contribution in [2.24, 2.45) is 4.99 Å². The monoisotopic (exact) mass is 130 g/mol. The molecule has 0 saturated heterocycles. The smallest absolute Gasteiger partial charge is 0.222 e. The molecule has 0 amide bonds. The van der Waals surface area contributed by atoms with Crippen LogP contribution in [0.4, 0.5) is 0 Å². The predicted molar refractivity (Wildman–Crippen MR) is 33.8 cm³/mol. The van der Waals surface area contributed by atoms with Crippen molar-refractivity contribution in [2.45, 2.75) is 14.4 Å². The zero-order valence-electron chi connectivity index (χ0n) is 4.47. The molecule has 0 saturated carbocycles. The van der Waals surface area contributed by atoms with E-state index in [1.54, 1.807) is 6.92 Å². The zero-order chi connectivity index (χ0) is 6.83. The van der Waals surface area contributed by atoms with E-state index in [9.17, 15) is 0 Å². The molecule has 4 heteroatoms. The molecule has 0 rings (SSSR count). The van der Waals surface area contributed by atoms with Gasteiger partial charge in [-0.2, -0.15) is 0 Å². The number of rotatable bonds is 1. The summed E-state index contributed by atoms with van der Waals surface area (Å²) >= 11 is 0. The number of hydrogen-bond donors (Lipinski definition) is 1. The number of aliphatic imine (C=N–C) groups is 1. The largest absolute Gasteiger partial charge is 0.234 e. The van der Waals surface area contributed by atoms with E-state index in [4.69, 9.17) is 15.0 Å². The van der Waals surface area contributed by atoms with Crippen LogP contribution >= 0.6 is 0 Å². The van der Waals surface area contributed by atoms with Crippen molar-refractivity contribution in [1.82, 2.24) is 0 Å². The number of isocyanates is 2. The van der Waals surface area contributed by atoms with Gasteiger partial charge in [-0.15, -0.1) is 0 Å². The van der Waals surface area contributed by atoms with E-state index in [0.717, 1.165) is 6.08 Å². The minimum Gasteiger partial charge on any atom is -0.222 e. The molecular weight excluding hydrogens is 120 g/mol. The van der Waals surface area contributed by atoms with Crippen molar-refractivity contribution in [2.75, 3.05) is 6.54 Å². The minimum atomic E-state index is 0. The maximum Gasteiger partial charge on any atom is 0.234 e. The Kier molecular flexibility index (Phi) is 51.2. The molecule has 0 fully saturated rings. The van der Waals surface area contributed by atoms with Gasteiger partial charge in [0.05, 0.1) is 0 Å². The maximum absolute atomic E-state index is 9.11. The highest BCUT2D eigenvalue weighted by atomic mass is 16.1. The van der Waals surface area contributed by atoms with E-state index >= 15 is 0 Å². The summed E-state index contributed by atoms with van der Waals surface area (Å²) in [6, 6.07) is 0. The fourth-order valence-electron chi connectivity index (χ4n) is 0.0645. The molecule has 0 atom stereocenters. The summed E-state index contributed by atoms with van der Waals surface area (Å²) in [6.45, 7) is 2.33. The highest BCUT2D eigenvalue weighted by molar-refractivity contribution is 5.32. The van der Waals surface area contributed by atoms with Crippen molar-refractivity contribution in [3.05, 3.63) is 0 Å². The minimum absolute atomic E-state index is 0. The third kappa shape index (κ3) is 265. The van der Waals surface area contributed by atoms with Gasteiger partial charge in [-0.05, 0) is 6.92 Å². The molecule has 0 bridgehead atoms. The average Bonchev–Trinajstić information content (AvgIpc) is 1.71. The first-order valence-corrected chi connectivity index (χ1v) is 1.91. The van der Waals surface area contributed by atoms with Crippen LogP contribution in [-0.2, 0) is 9.59 Å². The lowest BCUT2D eigenvalue weighted by molar-refractivity contribution is 0.562. The van der Waals surface area contributed by atoms with Gasteiger partial charge in [-0.1, -0.05) is 7.43 Å². The Morgan fingerprint density at radius 1 is 1.56 bits per heavy atom. The van der Waals surface area contributed by atoms with E-state index in [-0.39, 0.29) is 7.43 Å². The second-order valence-electron chi connectivity index (χ2n) is 0.668. The number of nitrogens with one attached hydrogen (secondary N) is 1. The quantitative estimate of drug-likeness (QED) is 0.422. The van der Waals surface area contributed by atoms with Gasteiger partial charge in [-0.3, -0.25) is 0 Å². The first-order chi connectivity index (χ1) is 3.83. The van der Waals surface area contributed by atoms with Crippen LogP contribution in [0.5, 0.6) is 0 Å². The van der Waals surface area contributed by atoms with E-state index in [1.165, 1.54) is 6.08 Å². The molecule has 0 spiro atoms. The molecule has 0 aromatic heterocycles. The van der Waals surface area contributed by atoms with Crippen LogP contribution in [-0.4, -0.2) is 18.7 Å². The summed E-state index contributed by atoms with van der Waals surface area (Å²) < 4.78 is 0. The maximum atomic E-state index is 9.11. The number of nitrogens with zero attached hydrogens (tertiary/aromatic N) is 1. The van der Waals surface area contributed by atoms with Crippen LogP contribution in [0.25, 0.3) is 0 Å². The summed E-state index contributed by atoms with van der Waals surface area (Å²) in [5.74, 6) is 0. The fraction of sp³-hybridized carbons (Fsp3) is 0.600. The summed E-state index contributed by atoms with van der Waals surface area (Å²) in [4.78, 5) is 20.6. The predicted octanol–water partition coefficient (Wildman–Crippen LogP) is 0.879. The van der Waals surface area contributed by atoms with Crippen molar-refractivity contribution >= 4 is 12.2 Å². The molecule has 0 unspecified atom stereocenters. The van der Waals surface area contributed by atoms with E-state index in [0.29, 0.717) is 6.54 Å². The molecule has 0 aromatic rings. The average molecular weight is 130 g/mol. The topological polar surface area (TPSA) is 70.3 Å². The van der Waals surface area contributed by atoms with Gasteiger partial charge in [0.1, 0.15) is 0 Å². The molecule has 0 aliphatic carbocycles. The SMILES string of the molecule is C.CCN=C=O.N=C=O. The molecule has 0 aliphatic rings. The lowest BCUT2D eigenvalue weighted by Gasteiger charge is -1.58. The van der Waals surface area contributed by atoms with Crippen LogP contribution in [0.15, 0.2) is 4.99 Å². The molecule has 0 heterocycles. The normalized spacial score (nSPS) is 4.11. The summed E-state index contributed by atoms with van der Waals surface area (Å²) in [5, 5.41) is 5.40. The van der Waals surface area contributed by atoms with Crippen molar-refractivity contribution in [3.8, 4) is 0 Å². The van der Waals surface area contributed by atoms with Gasteiger partial charge in [0.15, 0.2) is 0 Å². The van der Waals surface area contributed by atoms with Gasteiger partial charge in [0.25, 0.3) is 0 Å². The molecule has 52 valence electrons. The Morgan fingerprint density at radius 3 is 1.89 bits per heavy atom. The first-order valence-electron chi connectivity index (χ1n) is 1.91. The van der Waals surface area contributed by atoms with Crippen LogP contribution in [0.1, 0.15) is 14.4 Å². The zero-order valence-corrected chi connectivity index (χ0v) is 4.47. The number of hydrogen-bond acceptors (Lipinski definition) is 4. The van der Waals surface area contributed by atoms with Crippen LogP contribution < -0.4 is 0 Å². The lowest BCUT2D eigenvalue weighted by Crippen LogP contribution is -1.58. The van der Waals surface area contributed by atoms with Gasteiger partial charge in [0.2, 0.25) is 12.2 Å². The van der Waals surface area contributed by atoms with Crippen molar-refractivity contribution in [1.29, 1.82) is 5.41 Å². The highest BCUT2D eigenvalue weighted by Gasteiger charge is 1.52. The third-order valence-corrected chi connectivity index (χ3v) is 0.223. The van der Waals surface area contributed by atoms with Gasteiger partial charge < -0.3 is 0 Å². The first kappa shape index (κ1) is 15.7. The molecular formula is C5H10N2O2. The van der Waals surface area contributed by atoms with Crippen molar-refractivity contribution in [3.63, 3.8) is 0 Å². The molecule has 0 aliphatic heterocycles. The van der Waals surface area contributed by atoms with E-state index in [1.807, 2.05) is 0 Å². The standard InChI is InChI=1S/C3H5NO.CHNO.CH4/c1-2-4-3-5;2-1-3;/h2H2,1H3;2H;1H4. The highest BCUT2D eigenvalue weighted by Crippen LogP contribution is 1.52. The van der Waals surface area contributed by atoms with Crippen LogP contribution in [0, 0.1) is 5.41 Å². The summed E-state index contributed by atoms with van der Waals surface area (Å²) in [7, 11) is 0. The Hall–Kier alpha value is -1.24. The Labute approximate surface area is 54.1 Å². The van der Waals surface area contributed by atoms with E-state index < -0.39 is 0 Å². The Bertz CT molecular complexity index is 110. The van der Waals surface area contributed by atoms with Crippen molar-refractivity contribution < 1.29 is 9.59 Å². The lowest BCUT2D eigenvalue weighted by atomic mass is 10.8. The second-order valence-corrected chi connectivity index (χ2v) is 0.668. The van der Waals surface area contributed by atoms with Crippen LogP contribution in [0.3, 0.4) is 0 Å². The second kappa shape index (κ2) is 29.4. The fourth-order valence-corrected chi connectivity index (χ4v) is 0.0645. The van der Waals surface area contributed by atoms with Gasteiger partial charge >= 0.3 is 0 Å². The third-order valence-electron chi connectivity index (χ3n) is 0.223. The Balaban J connectivity index is -0.0000000800. The molecule has 4 nitrogen and oxygen atoms in total. The summed E-state index contributed by atoms with van der Waals surface area (Å²) in [6.07, 6.45) is 2.14. The van der Waals surface area contributed by atoms with Gasteiger partial charge in [0, 0.05) is 6.54 Å². The molecule has 0 radical (unpaired) electrons. The summed E-state index contributed by atoms with van der Waals surface area (Å²) in [5.41, 5.74) is 0. The van der Waals surface area contributed by atoms with Gasteiger partial charge in [-0.25, -0.2) is 20.0 Å². The Morgan fingerprint density at radius 2 is 1.89 bits per heavy atom. The number of carbonyl (C=O) groups excluding carboxylic acids is 2. The van der Waals surface area contributed by atoms with Crippen LogP contribution in [0.2, 0.25) is 0 Å².